The second kappa shape index (κ2) is 5.62. The number of hydrogen-bond donors (Lipinski definition) is 0. The number of rotatable bonds is 2. The number of benzene rings is 1. The van der Waals surface area contributed by atoms with Gasteiger partial charge in [-0.05, 0) is 43.0 Å². The van der Waals surface area contributed by atoms with Crippen molar-refractivity contribution in [1.82, 2.24) is 4.90 Å². The number of piperidine rings is 1. The molecular formula is C14H16FNO. The third-order valence-electron chi connectivity index (χ3n) is 2.96. The van der Waals surface area contributed by atoms with Gasteiger partial charge in [0.15, 0.2) is 0 Å². The highest BCUT2D eigenvalue weighted by atomic mass is 19.1. The molecule has 3 heteroatoms. The number of carbonyl (C=O) groups is 1. The summed E-state index contributed by atoms with van der Waals surface area (Å²) in [6.45, 7) is 1.71. The molecule has 2 rings (SSSR count). The fraction of sp³-hybridized carbons (Fsp3) is 0.357. The van der Waals surface area contributed by atoms with Crippen LogP contribution < -0.4 is 0 Å². The molecule has 1 fully saturated rings. The first-order valence-electron chi connectivity index (χ1n) is 5.98. The Balaban J connectivity index is 1.95. The Bertz CT molecular complexity index is 405. The van der Waals surface area contributed by atoms with Crippen LogP contribution in [-0.2, 0) is 4.79 Å². The molecule has 0 atom stereocenters. The summed E-state index contributed by atoms with van der Waals surface area (Å²) in [6, 6.07) is 6.11. The van der Waals surface area contributed by atoms with Crippen molar-refractivity contribution in [2.45, 2.75) is 19.3 Å². The second-order valence-corrected chi connectivity index (χ2v) is 4.27. The molecule has 0 unspecified atom stereocenters. The van der Waals surface area contributed by atoms with Crippen molar-refractivity contribution in [2.24, 2.45) is 0 Å². The summed E-state index contributed by atoms with van der Waals surface area (Å²) in [7, 11) is 0. The molecule has 90 valence electrons. The van der Waals surface area contributed by atoms with Gasteiger partial charge in [-0.3, -0.25) is 4.79 Å². The topological polar surface area (TPSA) is 20.3 Å². The van der Waals surface area contributed by atoms with E-state index in [1.54, 1.807) is 24.3 Å². The van der Waals surface area contributed by atoms with E-state index >= 15 is 0 Å². The maximum atomic E-state index is 12.7. The third-order valence-corrected chi connectivity index (χ3v) is 2.96. The third kappa shape index (κ3) is 3.41. The van der Waals surface area contributed by atoms with E-state index in [-0.39, 0.29) is 11.7 Å². The summed E-state index contributed by atoms with van der Waals surface area (Å²) in [5, 5.41) is 0. The second-order valence-electron chi connectivity index (χ2n) is 4.27. The molecule has 1 saturated heterocycles. The summed E-state index contributed by atoms with van der Waals surface area (Å²) in [5.41, 5.74) is 0.844. The van der Waals surface area contributed by atoms with Crippen LogP contribution in [0.5, 0.6) is 0 Å². The largest absolute Gasteiger partial charge is 0.339 e. The predicted molar refractivity (Wildman–Crippen MR) is 65.9 cm³/mol. The Kier molecular flexibility index (Phi) is 3.91. The Morgan fingerprint density at radius 3 is 2.41 bits per heavy atom. The Labute approximate surface area is 101 Å². The Hall–Kier alpha value is -1.64. The Morgan fingerprint density at radius 1 is 1.12 bits per heavy atom. The van der Waals surface area contributed by atoms with E-state index in [0.29, 0.717) is 0 Å². The highest BCUT2D eigenvalue weighted by Gasteiger charge is 2.13. The normalized spacial score (nSPS) is 16.4. The number of hydrogen-bond acceptors (Lipinski definition) is 1. The zero-order chi connectivity index (χ0) is 12.1. The lowest BCUT2D eigenvalue weighted by Crippen LogP contribution is -2.34. The summed E-state index contributed by atoms with van der Waals surface area (Å²) >= 11 is 0. The average molecular weight is 233 g/mol. The molecular weight excluding hydrogens is 217 g/mol. The van der Waals surface area contributed by atoms with Crippen LogP contribution in [0.25, 0.3) is 6.08 Å². The van der Waals surface area contributed by atoms with E-state index in [1.165, 1.54) is 18.6 Å². The summed E-state index contributed by atoms with van der Waals surface area (Å²) in [4.78, 5) is 13.7. The maximum absolute atomic E-state index is 12.7. The molecule has 0 aromatic heterocycles. The Morgan fingerprint density at radius 2 is 1.76 bits per heavy atom. The summed E-state index contributed by atoms with van der Waals surface area (Å²) in [6.07, 6.45) is 6.70. The van der Waals surface area contributed by atoms with Gasteiger partial charge in [-0.2, -0.15) is 0 Å². The quantitative estimate of drug-likeness (QED) is 0.719. The molecule has 1 aliphatic rings. The molecule has 0 saturated carbocycles. The van der Waals surface area contributed by atoms with E-state index in [4.69, 9.17) is 0 Å². The van der Waals surface area contributed by atoms with Crippen molar-refractivity contribution in [3.63, 3.8) is 0 Å². The number of likely N-dealkylation sites (tertiary alicyclic amines) is 1. The van der Waals surface area contributed by atoms with Crippen LogP contribution in [0, 0.1) is 5.82 Å². The van der Waals surface area contributed by atoms with Crippen LogP contribution in [0.2, 0.25) is 0 Å². The van der Waals surface area contributed by atoms with Crippen molar-refractivity contribution in [2.75, 3.05) is 13.1 Å². The van der Waals surface area contributed by atoms with Crippen molar-refractivity contribution >= 4 is 12.0 Å². The lowest BCUT2D eigenvalue weighted by atomic mass is 10.1. The highest BCUT2D eigenvalue weighted by Crippen LogP contribution is 2.10. The van der Waals surface area contributed by atoms with Crippen LogP contribution in [0.3, 0.4) is 0 Å². The van der Waals surface area contributed by atoms with Crippen LogP contribution >= 0.6 is 0 Å². The van der Waals surface area contributed by atoms with Gasteiger partial charge < -0.3 is 4.90 Å². The van der Waals surface area contributed by atoms with Gasteiger partial charge in [0, 0.05) is 19.2 Å². The van der Waals surface area contributed by atoms with Gasteiger partial charge in [-0.15, -0.1) is 0 Å². The van der Waals surface area contributed by atoms with Gasteiger partial charge in [0.25, 0.3) is 0 Å². The van der Waals surface area contributed by atoms with Gasteiger partial charge in [0.05, 0.1) is 0 Å². The van der Waals surface area contributed by atoms with Crippen LogP contribution in [-0.4, -0.2) is 23.9 Å². The van der Waals surface area contributed by atoms with Crippen molar-refractivity contribution in [3.05, 3.63) is 41.7 Å². The first-order chi connectivity index (χ1) is 8.25. The standard InChI is InChI=1S/C14H16FNO/c15-13-7-4-12(5-8-13)6-9-14(17)16-10-2-1-3-11-16/h4-9H,1-3,10-11H2/b9-6+. The molecule has 1 aromatic carbocycles. The van der Waals surface area contributed by atoms with Crippen molar-refractivity contribution < 1.29 is 9.18 Å². The molecule has 0 spiro atoms. The lowest BCUT2D eigenvalue weighted by Gasteiger charge is -2.25. The molecule has 1 aromatic rings. The van der Waals surface area contributed by atoms with E-state index in [0.717, 1.165) is 31.5 Å². The van der Waals surface area contributed by atoms with Crippen LogP contribution in [0.4, 0.5) is 4.39 Å². The van der Waals surface area contributed by atoms with Gasteiger partial charge in [0.1, 0.15) is 5.82 Å². The molecule has 0 N–H and O–H groups in total. The molecule has 17 heavy (non-hydrogen) atoms. The fourth-order valence-corrected chi connectivity index (χ4v) is 1.96. The molecule has 0 aliphatic carbocycles. The minimum absolute atomic E-state index is 0.0500. The van der Waals surface area contributed by atoms with Crippen molar-refractivity contribution in [1.29, 1.82) is 0 Å². The lowest BCUT2D eigenvalue weighted by molar-refractivity contribution is -0.126. The van der Waals surface area contributed by atoms with Crippen LogP contribution in [0.15, 0.2) is 30.3 Å². The highest BCUT2D eigenvalue weighted by molar-refractivity contribution is 5.91. The number of halogens is 1. The van der Waals surface area contributed by atoms with Gasteiger partial charge in [0.2, 0.25) is 5.91 Å². The summed E-state index contributed by atoms with van der Waals surface area (Å²) in [5.74, 6) is -0.210. The van der Waals surface area contributed by atoms with Gasteiger partial charge in [-0.1, -0.05) is 12.1 Å². The number of carbonyl (C=O) groups excluding carboxylic acids is 1. The first-order valence-corrected chi connectivity index (χ1v) is 5.98. The minimum Gasteiger partial charge on any atom is -0.339 e. The molecule has 2 nitrogen and oxygen atoms in total. The molecule has 1 aliphatic heterocycles. The monoisotopic (exact) mass is 233 g/mol. The van der Waals surface area contributed by atoms with Gasteiger partial charge in [-0.25, -0.2) is 4.39 Å². The van der Waals surface area contributed by atoms with Gasteiger partial charge >= 0.3 is 0 Å². The van der Waals surface area contributed by atoms with E-state index in [2.05, 4.69) is 0 Å². The summed E-state index contributed by atoms with van der Waals surface area (Å²) < 4.78 is 12.7. The zero-order valence-electron chi connectivity index (χ0n) is 9.73. The van der Waals surface area contributed by atoms with Crippen molar-refractivity contribution in [3.8, 4) is 0 Å². The van der Waals surface area contributed by atoms with E-state index < -0.39 is 0 Å². The molecule has 0 bridgehead atoms. The average Bonchev–Trinajstić information content (AvgIpc) is 2.39. The molecule has 1 amide bonds. The predicted octanol–water partition coefficient (Wildman–Crippen LogP) is 2.85. The van der Waals surface area contributed by atoms with E-state index in [9.17, 15) is 9.18 Å². The maximum Gasteiger partial charge on any atom is 0.246 e. The zero-order valence-corrected chi connectivity index (χ0v) is 9.73. The SMILES string of the molecule is O=C(/C=C/c1ccc(F)cc1)N1CCCCC1. The number of nitrogens with zero attached hydrogens (tertiary/aromatic N) is 1. The number of amides is 1. The minimum atomic E-state index is -0.260. The van der Waals surface area contributed by atoms with E-state index in [1.807, 2.05) is 4.90 Å². The smallest absolute Gasteiger partial charge is 0.246 e. The van der Waals surface area contributed by atoms with Crippen LogP contribution in [0.1, 0.15) is 24.8 Å². The molecule has 0 radical (unpaired) electrons. The fourth-order valence-electron chi connectivity index (χ4n) is 1.96. The molecule has 1 heterocycles. The first kappa shape index (κ1) is 11.8.